The second kappa shape index (κ2) is 8.74. The van der Waals surface area contributed by atoms with Gasteiger partial charge in [0.05, 0.1) is 27.5 Å². The van der Waals surface area contributed by atoms with E-state index >= 15 is 0 Å². The maximum Gasteiger partial charge on any atom is 0.269 e. The van der Waals surface area contributed by atoms with E-state index in [-0.39, 0.29) is 16.5 Å². The highest BCUT2D eigenvalue weighted by atomic mass is 32.2. The summed E-state index contributed by atoms with van der Waals surface area (Å²) in [6, 6.07) is 13.0. The van der Waals surface area contributed by atoms with Crippen LogP contribution in [-0.4, -0.2) is 54.0 Å². The number of rotatable bonds is 7. The van der Waals surface area contributed by atoms with Crippen LogP contribution in [0.3, 0.4) is 0 Å². The van der Waals surface area contributed by atoms with Crippen molar-refractivity contribution in [3.63, 3.8) is 0 Å². The minimum Gasteiger partial charge on any atom is -0.383 e. The Balaban J connectivity index is 1.53. The molecule has 31 heavy (non-hydrogen) atoms. The monoisotopic (exact) mass is 444 g/mol. The predicted octanol–water partition coefficient (Wildman–Crippen LogP) is 3.16. The summed E-state index contributed by atoms with van der Waals surface area (Å²) >= 11 is 0. The highest BCUT2D eigenvalue weighted by Gasteiger charge is 2.32. The van der Waals surface area contributed by atoms with Crippen LogP contribution in [0, 0.1) is 10.1 Å². The van der Waals surface area contributed by atoms with E-state index in [4.69, 9.17) is 9.72 Å². The lowest BCUT2D eigenvalue weighted by atomic mass is 9.97. The van der Waals surface area contributed by atoms with Crippen LogP contribution in [0.2, 0.25) is 0 Å². The first kappa shape index (κ1) is 21.4. The molecule has 9 nitrogen and oxygen atoms in total. The highest BCUT2D eigenvalue weighted by Crippen LogP contribution is 2.32. The normalized spacial score (nSPS) is 16.0. The van der Waals surface area contributed by atoms with E-state index in [1.54, 1.807) is 7.11 Å². The standard InChI is InChI=1S/C21H24N4O5S/c1-30-15-14-24-20-5-3-2-4-19(20)22-21(24)16-10-12-23(13-11-16)31(28,29)18-8-6-17(7-9-18)25(26)27/h2-9,16H,10-15H2,1H3. The topological polar surface area (TPSA) is 108 Å². The smallest absolute Gasteiger partial charge is 0.269 e. The molecule has 2 aromatic carbocycles. The average molecular weight is 445 g/mol. The number of non-ortho nitro benzene ring substituents is 1. The molecule has 1 fully saturated rings. The third-order valence-electron chi connectivity index (χ3n) is 5.71. The van der Waals surface area contributed by atoms with Gasteiger partial charge in [-0.05, 0) is 37.1 Å². The van der Waals surface area contributed by atoms with E-state index in [1.807, 2.05) is 24.3 Å². The minimum atomic E-state index is -3.70. The number of piperidine rings is 1. The number of nitro groups is 1. The molecule has 0 bridgehead atoms. The predicted molar refractivity (Wildman–Crippen MR) is 115 cm³/mol. The van der Waals surface area contributed by atoms with Gasteiger partial charge in [0.15, 0.2) is 0 Å². The van der Waals surface area contributed by atoms with Gasteiger partial charge in [0, 0.05) is 44.8 Å². The number of ether oxygens (including phenoxy) is 1. The number of para-hydroxylation sites is 2. The van der Waals surface area contributed by atoms with E-state index in [0.29, 0.717) is 39.1 Å². The molecule has 3 aromatic rings. The van der Waals surface area contributed by atoms with Gasteiger partial charge in [0.25, 0.3) is 5.69 Å². The van der Waals surface area contributed by atoms with Gasteiger partial charge in [-0.2, -0.15) is 4.31 Å². The molecule has 1 aromatic heterocycles. The lowest BCUT2D eigenvalue weighted by Crippen LogP contribution is -2.38. The maximum absolute atomic E-state index is 13.0. The zero-order chi connectivity index (χ0) is 22.0. The van der Waals surface area contributed by atoms with Gasteiger partial charge in [-0.3, -0.25) is 10.1 Å². The van der Waals surface area contributed by atoms with Crippen molar-refractivity contribution >= 4 is 26.7 Å². The molecule has 0 saturated carbocycles. The summed E-state index contributed by atoms with van der Waals surface area (Å²) in [7, 11) is -2.03. The van der Waals surface area contributed by atoms with Gasteiger partial charge < -0.3 is 9.30 Å². The molecule has 0 radical (unpaired) electrons. The Hall–Kier alpha value is -2.82. The summed E-state index contributed by atoms with van der Waals surface area (Å²) in [6.07, 6.45) is 1.31. The molecular weight excluding hydrogens is 420 g/mol. The molecule has 4 rings (SSSR count). The fourth-order valence-electron chi connectivity index (χ4n) is 4.07. The molecule has 10 heteroatoms. The maximum atomic E-state index is 13.0. The van der Waals surface area contributed by atoms with Crippen molar-refractivity contribution < 1.29 is 18.1 Å². The molecule has 0 spiro atoms. The number of aromatic nitrogens is 2. The molecule has 0 atom stereocenters. The number of benzene rings is 2. The number of hydrogen-bond donors (Lipinski definition) is 0. The van der Waals surface area contributed by atoms with Crippen LogP contribution < -0.4 is 0 Å². The van der Waals surface area contributed by atoms with Gasteiger partial charge in [-0.25, -0.2) is 13.4 Å². The lowest BCUT2D eigenvalue weighted by Gasteiger charge is -2.31. The van der Waals surface area contributed by atoms with Gasteiger partial charge in [-0.15, -0.1) is 0 Å². The molecule has 0 N–H and O–H groups in total. The van der Waals surface area contributed by atoms with Gasteiger partial charge >= 0.3 is 0 Å². The van der Waals surface area contributed by atoms with Gasteiger partial charge in [-0.1, -0.05) is 12.1 Å². The van der Waals surface area contributed by atoms with Crippen molar-refractivity contribution in [1.82, 2.24) is 13.9 Å². The van der Waals surface area contributed by atoms with Crippen molar-refractivity contribution in [3.8, 4) is 0 Å². The number of nitrogens with zero attached hydrogens (tertiary/aromatic N) is 4. The van der Waals surface area contributed by atoms with Crippen molar-refractivity contribution in [2.45, 2.75) is 30.2 Å². The largest absolute Gasteiger partial charge is 0.383 e. The summed E-state index contributed by atoms with van der Waals surface area (Å²) in [5.41, 5.74) is 1.85. The highest BCUT2D eigenvalue weighted by molar-refractivity contribution is 7.89. The first-order chi connectivity index (χ1) is 14.9. The minimum absolute atomic E-state index is 0.0730. The number of sulfonamides is 1. The van der Waals surface area contributed by atoms with Crippen LogP contribution in [0.4, 0.5) is 5.69 Å². The van der Waals surface area contributed by atoms with Crippen molar-refractivity contribution in [1.29, 1.82) is 0 Å². The molecule has 1 saturated heterocycles. The molecule has 1 aliphatic heterocycles. The average Bonchev–Trinajstić information content (AvgIpc) is 3.16. The van der Waals surface area contributed by atoms with Gasteiger partial charge in [0.1, 0.15) is 5.82 Å². The quantitative estimate of drug-likeness (QED) is 0.409. The van der Waals surface area contributed by atoms with E-state index in [0.717, 1.165) is 16.9 Å². The van der Waals surface area contributed by atoms with Crippen LogP contribution in [0.15, 0.2) is 53.4 Å². The number of hydrogen-bond acceptors (Lipinski definition) is 6. The SMILES string of the molecule is COCCn1c(C2CCN(S(=O)(=O)c3ccc([N+](=O)[O-])cc3)CC2)nc2ccccc21. The molecule has 0 unspecified atom stereocenters. The zero-order valence-electron chi connectivity index (χ0n) is 17.2. The third kappa shape index (κ3) is 4.18. The second-order valence-corrected chi connectivity index (χ2v) is 9.47. The number of fused-ring (bicyclic) bond motifs is 1. The molecule has 164 valence electrons. The molecule has 0 amide bonds. The number of imidazole rings is 1. The molecule has 0 aliphatic carbocycles. The Kier molecular flexibility index (Phi) is 6.03. The fraction of sp³-hybridized carbons (Fsp3) is 0.381. The summed E-state index contributed by atoms with van der Waals surface area (Å²) in [5, 5.41) is 10.8. The van der Waals surface area contributed by atoms with Gasteiger partial charge in [0.2, 0.25) is 10.0 Å². The Morgan fingerprint density at radius 2 is 1.81 bits per heavy atom. The van der Waals surface area contributed by atoms with Crippen LogP contribution in [0.25, 0.3) is 11.0 Å². The molecule has 1 aliphatic rings. The van der Waals surface area contributed by atoms with E-state index < -0.39 is 14.9 Å². The van der Waals surface area contributed by atoms with E-state index in [9.17, 15) is 18.5 Å². The second-order valence-electron chi connectivity index (χ2n) is 7.53. The summed E-state index contributed by atoms with van der Waals surface area (Å²) in [4.78, 5) is 15.2. The third-order valence-corrected chi connectivity index (χ3v) is 7.62. The first-order valence-corrected chi connectivity index (χ1v) is 11.5. The Morgan fingerprint density at radius 1 is 1.13 bits per heavy atom. The Bertz CT molecular complexity index is 1180. The lowest BCUT2D eigenvalue weighted by molar-refractivity contribution is -0.384. The Morgan fingerprint density at radius 3 is 2.45 bits per heavy atom. The first-order valence-electron chi connectivity index (χ1n) is 10.1. The van der Waals surface area contributed by atoms with E-state index in [1.165, 1.54) is 28.6 Å². The summed E-state index contributed by atoms with van der Waals surface area (Å²) in [6.45, 7) is 2.00. The summed E-state index contributed by atoms with van der Waals surface area (Å²) < 4.78 is 34.8. The number of nitro benzene ring substituents is 1. The zero-order valence-corrected chi connectivity index (χ0v) is 18.0. The number of methoxy groups -OCH3 is 1. The summed E-state index contributed by atoms with van der Waals surface area (Å²) in [5.74, 6) is 1.11. The van der Waals surface area contributed by atoms with Crippen molar-refractivity contribution in [2.75, 3.05) is 26.8 Å². The molecular formula is C21H24N4O5S. The van der Waals surface area contributed by atoms with Crippen molar-refractivity contribution in [2.24, 2.45) is 0 Å². The van der Waals surface area contributed by atoms with Crippen LogP contribution in [0.1, 0.15) is 24.6 Å². The van der Waals surface area contributed by atoms with Crippen molar-refractivity contribution in [3.05, 3.63) is 64.5 Å². The van der Waals surface area contributed by atoms with E-state index in [2.05, 4.69) is 4.57 Å². The molecule has 2 heterocycles. The van der Waals surface area contributed by atoms with Crippen LogP contribution in [-0.2, 0) is 21.3 Å². The fourth-order valence-corrected chi connectivity index (χ4v) is 5.54. The Labute approximate surface area is 180 Å². The van der Waals surface area contributed by atoms with Crippen LogP contribution in [0.5, 0.6) is 0 Å². The van der Waals surface area contributed by atoms with Crippen LogP contribution >= 0.6 is 0 Å².